The van der Waals surface area contributed by atoms with Gasteiger partial charge in [0.2, 0.25) is 17.5 Å². The number of hydrogen-bond acceptors (Lipinski definition) is 5. The van der Waals surface area contributed by atoms with E-state index in [1.165, 1.54) is 0 Å². The van der Waals surface area contributed by atoms with Crippen molar-refractivity contribution in [3.05, 3.63) is 11.7 Å². The fraction of sp³-hybridized carbons (Fsp3) is 0.750. The van der Waals surface area contributed by atoms with Crippen LogP contribution < -0.4 is 0 Å². The molecule has 2 rings (SSSR count). The van der Waals surface area contributed by atoms with Gasteiger partial charge in [0.05, 0.1) is 6.42 Å². The van der Waals surface area contributed by atoms with Gasteiger partial charge in [-0.25, -0.2) is 8.78 Å². The van der Waals surface area contributed by atoms with Gasteiger partial charge in [-0.3, -0.25) is 4.79 Å². The Morgan fingerprint density at radius 2 is 2.11 bits per heavy atom. The van der Waals surface area contributed by atoms with Crippen LogP contribution in [0, 0.1) is 0 Å². The van der Waals surface area contributed by atoms with Gasteiger partial charge in [-0.2, -0.15) is 4.98 Å². The van der Waals surface area contributed by atoms with E-state index >= 15 is 0 Å². The Labute approximate surface area is 109 Å². The fourth-order valence-corrected chi connectivity index (χ4v) is 2.38. The van der Waals surface area contributed by atoms with Gasteiger partial charge in [-0.15, -0.1) is 0 Å². The fourth-order valence-electron chi connectivity index (χ4n) is 2.38. The van der Waals surface area contributed by atoms with Crippen molar-refractivity contribution in [1.82, 2.24) is 10.1 Å². The van der Waals surface area contributed by atoms with E-state index in [2.05, 4.69) is 10.1 Å². The normalized spacial score (nSPS) is 18.7. The van der Waals surface area contributed by atoms with E-state index < -0.39 is 24.2 Å². The van der Waals surface area contributed by atoms with Crippen LogP contribution in [0.2, 0.25) is 0 Å². The number of ether oxygens (including phenoxy) is 1. The predicted molar refractivity (Wildman–Crippen MR) is 60.8 cm³/mol. The van der Waals surface area contributed by atoms with Crippen molar-refractivity contribution in [3.8, 4) is 0 Å². The summed E-state index contributed by atoms with van der Waals surface area (Å²) in [5, 5.41) is 3.79. The van der Waals surface area contributed by atoms with Crippen LogP contribution in [-0.4, -0.2) is 29.5 Å². The zero-order valence-electron chi connectivity index (χ0n) is 10.7. The van der Waals surface area contributed by atoms with E-state index in [0.717, 1.165) is 32.1 Å². The highest BCUT2D eigenvalue weighted by atomic mass is 19.3. The Morgan fingerprint density at radius 3 is 2.68 bits per heavy atom. The van der Waals surface area contributed by atoms with Gasteiger partial charge in [0, 0.05) is 7.11 Å². The maximum atomic E-state index is 12.2. The lowest BCUT2D eigenvalue weighted by atomic mass is 9.84. The maximum absolute atomic E-state index is 12.2. The van der Waals surface area contributed by atoms with E-state index in [1.807, 2.05) is 0 Å². The third kappa shape index (κ3) is 2.97. The molecule has 0 atom stereocenters. The minimum atomic E-state index is -3.01. The highest BCUT2D eigenvalue weighted by Crippen LogP contribution is 2.38. The molecule has 0 aliphatic heterocycles. The van der Waals surface area contributed by atoms with Crippen molar-refractivity contribution in [1.29, 1.82) is 0 Å². The Morgan fingerprint density at radius 1 is 1.42 bits per heavy atom. The second-order valence-corrected chi connectivity index (χ2v) is 4.71. The summed E-state index contributed by atoms with van der Waals surface area (Å²) in [6.07, 6.45) is 1.10. The molecule has 1 aromatic rings. The lowest BCUT2D eigenvalue weighted by molar-refractivity contribution is -0.129. The first-order valence-corrected chi connectivity index (χ1v) is 6.26. The molecule has 1 heterocycles. The number of ketones is 1. The molecule has 0 amide bonds. The zero-order chi connectivity index (χ0) is 13.9. The number of aromatic nitrogens is 2. The van der Waals surface area contributed by atoms with E-state index in [1.54, 1.807) is 7.11 Å². The second-order valence-electron chi connectivity index (χ2n) is 4.71. The molecule has 1 aliphatic carbocycles. The lowest BCUT2D eigenvalue weighted by Crippen LogP contribution is -2.32. The molecule has 1 saturated carbocycles. The summed E-state index contributed by atoms with van der Waals surface area (Å²) < 4.78 is 34.7. The standard InChI is InChI=1S/C12H16F2N2O3/c1-18-12(5-3-2-4-6-12)11-15-9(19-16-11)7-8(17)10(13)14/h10H,2-7H2,1H3. The number of methoxy groups -OCH3 is 1. The molecular formula is C12H16F2N2O3. The van der Waals surface area contributed by atoms with E-state index in [0.29, 0.717) is 5.82 Å². The van der Waals surface area contributed by atoms with Gasteiger partial charge in [0.1, 0.15) is 5.60 Å². The predicted octanol–water partition coefficient (Wildman–Crippen LogP) is 2.25. The molecule has 5 nitrogen and oxygen atoms in total. The average Bonchev–Trinajstić information content (AvgIpc) is 2.88. The molecule has 1 fully saturated rings. The van der Waals surface area contributed by atoms with Crippen molar-refractivity contribution < 1.29 is 22.8 Å². The number of alkyl halides is 2. The van der Waals surface area contributed by atoms with Crippen molar-refractivity contribution in [2.24, 2.45) is 0 Å². The summed E-state index contributed by atoms with van der Waals surface area (Å²) in [7, 11) is 1.58. The van der Waals surface area contributed by atoms with Crippen LogP contribution in [0.5, 0.6) is 0 Å². The first-order valence-electron chi connectivity index (χ1n) is 6.26. The molecule has 106 valence electrons. The zero-order valence-corrected chi connectivity index (χ0v) is 10.7. The smallest absolute Gasteiger partial charge is 0.296 e. The monoisotopic (exact) mass is 274 g/mol. The first-order chi connectivity index (χ1) is 9.07. The number of carbonyl (C=O) groups excluding carboxylic acids is 1. The number of nitrogens with zero attached hydrogens (tertiary/aromatic N) is 2. The Bertz CT molecular complexity index is 442. The molecule has 19 heavy (non-hydrogen) atoms. The van der Waals surface area contributed by atoms with Crippen molar-refractivity contribution >= 4 is 5.78 Å². The number of hydrogen-bond donors (Lipinski definition) is 0. The Hall–Kier alpha value is -1.37. The molecule has 1 aromatic heterocycles. The molecule has 0 aromatic carbocycles. The first kappa shape index (κ1) is 14.0. The number of rotatable bonds is 5. The topological polar surface area (TPSA) is 65.2 Å². The number of halogens is 2. The van der Waals surface area contributed by atoms with Crippen molar-refractivity contribution in [2.75, 3.05) is 7.11 Å². The summed E-state index contributed by atoms with van der Waals surface area (Å²) >= 11 is 0. The van der Waals surface area contributed by atoms with Crippen LogP contribution >= 0.6 is 0 Å². The summed E-state index contributed by atoms with van der Waals surface area (Å²) in [6.45, 7) is 0. The minimum absolute atomic E-state index is 0.0812. The number of carbonyl (C=O) groups is 1. The summed E-state index contributed by atoms with van der Waals surface area (Å²) in [5.41, 5.74) is -0.603. The van der Waals surface area contributed by atoms with Crippen LogP contribution in [0.3, 0.4) is 0 Å². The van der Waals surface area contributed by atoms with Gasteiger partial charge in [-0.1, -0.05) is 24.4 Å². The third-order valence-corrected chi connectivity index (χ3v) is 3.50. The van der Waals surface area contributed by atoms with Gasteiger partial charge >= 0.3 is 0 Å². The van der Waals surface area contributed by atoms with E-state index in [-0.39, 0.29) is 5.89 Å². The number of Topliss-reactive ketones (excluding diaryl/α,β-unsaturated/α-hetero) is 1. The molecule has 0 unspecified atom stereocenters. The Kier molecular flexibility index (Phi) is 4.24. The van der Waals surface area contributed by atoms with Crippen LogP contribution in [0.4, 0.5) is 8.78 Å². The van der Waals surface area contributed by atoms with E-state index in [9.17, 15) is 13.6 Å². The molecule has 0 saturated heterocycles. The van der Waals surface area contributed by atoms with Crippen LogP contribution in [0.1, 0.15) is 43.8 Å². The summed E-state index contributed by atoms with van der Waals surface area (Å²) in [4.78, 5) is 15.0. The Balaban J connectivity index is 2.13. The molecule has 0 bridgehead atoms. The average molecular weight is 274 g/mol. The SMILES string of the molecule is COC1(c2noc(CC(=O)C(F)F)n2)CCCCC1. The molecule has 0 radical (unpaired) electrons. The molecule has 1 aliphatic rings. The van der Waals surface area contributed by atoms with Gasteiger partial charge in [0.15, 0.2) is 0 Å². The van der Waals surface area contributed by atoms with Crippen molar-refractivity contribution in [3.63, 3.8) is 0 Å². The second kappa shape index (κ2) is 5.73. The highest BCUT2D eigenvalue weighted by molar-refractivity contribution is 5.82. The largest absolute Gasteiger partial charge is 0.370 e. The molecular weight excluding hydrogens is 258 g/mol. The summed E-state index contributed by atoms with van der Waals surface area (Å²) in [5.74, 6) is -0.945. The van der Waals surface area contributed by atoms with Crippen molar-refractivity contribution in [2.45, 2.75) is 50.6 Å². The maximum Gasteiger partial charge on any atom is 0.296 e. The lowest BCUT2D eigenvalue weighted by Gasteiger charge is -2.32. The van der Waals surface area contributed by atoms with E-state index in [4.69, 9.17) is 9.26 Å². The highest BCUT2D eigenvalue weighted by Gasteiger charge is 2.38. The van der Waals surface area contributed by atoms with Crippen LogP contribution in [-0.2, 0) is 21.6 Å². The molecule has 0 N–H and O–H groups in total. The minimum Gasteiger partial charge on any atom is -0.370 e. The van der Waals surface area contributed by atoms with Gasteiger partial charge < -0.3 is 9.26 Å². The van der Waals surface area contributed by atoms with Gasteiger partial charge in [-0.05, 0) is 12.8 Å². The van der Waals surface area contributed by atoms with Gasteiger partial charge in [0.25, 0.3) is 6.43 Å². The summed E-state index contributed by atoms with van der Waals surface area (Å²) in [6, 6.07) is 0. The molecule has 0 spiro atoms. The quantitative estimate of drug-likeness (QED) is 0.824. The third-order valence-electron chi connectivity index (χ3n) is 3.50. The van der Waals surface area contributed by atoms with Crippen LogP contribution in [0.15, 0.2) is 4.52 Å². The van der Waals surface area contributed by atoms with Crippen LogP contribution in [0.25, 0.3) is 0 Å². The molecule has 7 heteroatoms.